The fraction of sp³-hybridized carbons (Fsp3) is 0.368. The van der Waals surface area contributed by atoms with Crippen LogP contribution in [0.2, 0.25) is 0 Å². The number of rotatable bonds is 8. The van der Waals surface area contributed by atoms with Crippen LogP contribution in [0.25, 0.3) is 0 Å². The summed E-state index contributed by atoms with van der Waals surface area (Å²) in [5, 5.41) is 3.30. The molecular formula is C19H28N2O. The average Bonchev–Trinajstić information content (AvgIpc) is 2.47. The highest BCUT2D eigenvalue weighted by Gasteiger charge is 2.20. The second-order valence-corrected chi connectivity index (χ2v) is 5.03. The molecule has 0 spiro atoms. The fourth-order valence-electron chi connectivity index (χ4n) is 2.17. The van der Waals surface area contributed by atoms with E-state index in [4.69, 9.17) is 0 Å². The van der Waals surface area contributed by atoms with Gasteiger partial charge in [0.15, 0.2) is 0 Å². The van der Waals surface area contributed by atoms with Gasteiger partial charge in [0.05, 0.1) is 0 Å². The Kier molecular flexibility index (Phi) is 10.6. The molecule has 3 nitrogen and oxygen atoms in total. The van der Waals surface area contributed by atoms with Crippen molar-refractivity contribution >= 4 is 11.6 Å². The molecule has 0 aromatic carbocycles. The minimum Gasteiger partial charge on any atom is -0.313 e. The minimum atomic E-state index is -0.185. The van der Waals surface area contributed by atoms with Crippen molar-refractivity contribution in [3.63, 3.8) is 0 Å². The third kappa shape index (κ3) is 7.70. The van der Waals surface area contributed by atoms with Crippen LogP contribution in [0.15, 0.2) is 65.8 Å². The molecule has 0 saturated heterocycles. The van der Waals surface area contributed by atoms with E-state index in [1.165, 1.54) is 12.5 Å². The normalized spacial score (nSPS) is 16.6. The van der Waals surface area contributed by atoms with Gasteiger partial charge in [-0.1, -0.05) is 61.6 Å². The summed E-state index contributed by atoms with van der Waals surface area (Å²) in [6.07, 6.45) is 15.3. The molecule has 2 unspecified atom stereocenters. The van der Waals surface area contributed by atoms with E-state index in [0.29, 0.717) is 0 Å². The van der Waals surface area contributed by atoms with Crippen molar-refractivity contribution in [2.45, 2.75) is 33.7 Å². The lowest BCUT2D eigenvalue weighted by Crippen LogP contribution is -2.37. The van der Waals surface area contributed by atoms with Crippen molar-refractivity contribution < 1.29 is 4.79 Å². The first-order chi connectivity index (χ1) is 10.5. The number of aliphatic imine (C=N–C) groups is 1. The molecule has 0 aliphatic heterocycles. The van der Waals surface area contributed by atoms with Gasteiger partial charge in [-0.3, -0.25) is 4.79 Å². The Morgan fingerprint density at radius 1 is 1.18 bits per heavy atom. The third-order valence-electron chi connectivity index (χ3n) is 3.23. The van der Waals surface area contributed by atoms with Crippen molar-refractivity contribution in [2.24, 2.45) is 10.9 Å². The maximum Gasteiger partial charge on any atom is 0.242 e. The van der Waals surface area contributed by atoms with Crippen LogP contribution in [-0.4, -0.2) is 24.7 Å². The molecule has 1 amide bonds. The van der Waals surface area contributed by atoms with Crippen LogP contribution in [0.5, 0.6) is 0 Å². The first-order valence-electron chi connectivity index (χ1n) is 7.49. The van der Waals surface area contributed by atoms with E-state index in [-0.39, 0.29) is 17.9 Å². The summed E-state index contributed by atoms with van der Waals surface area (Å²) in [4.78, 5) is 15.5. The second kappa shape index (κ2) is 11.6. The zero-order valence-corrected chi connectivity index (χ0v) is 14.3. The lowest BCUT2D eigenvalue weighted by atomic mass is 9.90. The number of hydrogen-bond acceptors (Lipinski definition) is 2. The molecule has 2 atom stereocenters. The predicted molar refractivity (Wildman–Crippen MR) is 97.2 cm³/mol. The lowest BCUT2D eigenvalue weighted by molar-refractivity contribution is -0.115. The molecule has 0 aliphatic carbocycles. The average molecular weight is 300 g/mol. The van der Waals surface area contributed by atoms with Crippen LogP contribution in [0, 0.1) is 5.92 Å². The van der Waals surface area contributed by atoms with Crippen molar-refractivity contribution in [3.05, 3.63) is 60.8 Å². The number of carbonyl (C=O) groups excluding carboxylic acids is 1. The number of allylic oxidation sites excluding steroid dienone is 8. The quantitative estimate of drug-likeness (QED) is 0.543. The Morgan fingerprint density at radius 2 is 1.86 bits per heavy atom. The molecule has 22 heavy (non-hydrogen) atoms. The Balaban J connectivity index is 5.43. The summed E-state index contributed by atoms with van der Waals surface area (Å²) in [7, 11) is 1.91. The van der Waals surface area contributed by atoms with Gasteiger partial charge in [0.1, 0.15) is 0 Å². The molecular weight excluding hydrogens is 272 g/mol. The highest BCUT2D eigenvalue weighted by molar-refractivity contribution is 6.03. The van der Waals surface area contributed by atoms with Crippen LogP contribution < -0.4 is 5.32 Å². The fourth-order valence-corrected chi connectivity index (χ4v) is 2.17. The van der Waals surface area contributed by atoms with Gasteiger partial charge in [0.25, 0.3) is 0 Å². The van der Waals surface area contributed by atoms with E-state index in [1.54, 1.807) is 6.08 Å². The SMILES string of the molecule is C=C/C=C\C=C(/C)C(NC)C(C)C(/C=C\C=C/C)=N\C(C)=O. The molecule has 1 N–H and O–H groups in total. The number of nitrogens with one attached hydrogen (secondary N) is 1. The van der Waals surface area contributed by atoms with Gasteiger partial charge in [-0.15, -0.1) is 0 Å². The van der Waals surface area contributed by atoms with Crippen LogP contribution in [0.1, 0.15) is 27.7 Å². The molecule has 0 aromatic rings. The van der Waals surface area contributed by atoms with Crippen molar-refractivity contribution in [3.8, 4) is 0 Å². The zero-order valence-electron chi connectivity index (χ0n) is 14.3. The van der Waals surface area contributed by atoms with E-state index < -0.39 is 0 Å². The van der Waals surface area contributed by atoms with E-state index in [2.05, 4.69) is 30.7 Å². The molecule has 0 radical (unpaired) electrons. The smallest absolute Gasteiger partial charge is 0.242 e. The number of nitrogens with zero attached hydrogens (tertiary/aromatic N) is 1. The van der Waals surface area contributed by atoms with E-state index in [9.17, 15) is 4.79 Å². The predicted octanol–water partition coefficient (Wildman–Crippen LogP) is 4.02. The minimum absolute atomic E-state index is 0.0730. The number of hydrogen-bond donors (Lipinski definition) is 1. The Morgan fingerprint density at radius 3 is 2.36 bits per heavy atom. The molecule has 120 valence electrons. The summed E-state index contributed by atoms with van der Waals surface area (Å²) < 4.78 is 0. The Bertz CT molecular complexity index is 508. The van der Waals surface area contributed by atoms with Gasteiger partial charge in [0, 0.05) is 24.6 Å². The standard InChI is InChI=1S/C19H28N2O/c1-7-9-11-13-15(3)19(20-6)16(4)18(21-17(5)22)14-12-10-8-2/h7-14,16,19-20H,1H2,2-6H3/b10-8-,11-9-,14-12-,15-13+,21-18-. The first-order valence-corrected chi connectivity index (χ1v) is 7.49. The summed E-state index contributed by atoms with van der Waals surface area (Å²) >= 11 is 0. The van der Waals surface area contributed by atoms with Gasteiger partial charge in [-0.05, 0) is 27.0 Å². The van der Waals surface area contributed by atoms with Crippen molar-refractivity contribution in [1.29, 1.82) is 0 Å². The van der Waals surface area contributed by atoms with E-state index >= 15 is 0 Å². The van der Waals surface area contributed by atoms with Gasteiger partial charge < -0.3 is 5.32 Å². The van der Waals surface area contributed by atoms with Crippen LogP contribution in [-0.2, 0) is 4.79 Å². The number of carbonyl (C=O) groups is 1. The highest BCUT2D eigenvalue weighted by Crippen LogP contribution is 2.15. The van der Waals surface area contributed by atoms with Crippen LogP contribution in [0.3, 0.4) is 0 Å². The molecule has 0 heterocycles. The maximum atomic E-state index is 11.4. The zero-order chi connectivity index (χ0) is 17.0. The van der Waals surface area contributed by atoms with E-state index in [1.807, 2.05) is 56.5 Å². The maximum absolute atomic E-state index is 11.4. The second-order valence-electron chi connectivity index (χ2n) is 5.03. The summed E-state index contributed by atoms with van der Waals surface area (Å²) in [5.74, 6) is -0.112. The number of amides is 1. The molecule has 0 fully saturated rings. The van der Waals surface area contributed by atoms with Crippen LogP contribution in [0.4, 0.5) is 0 Å². The van der Waals surface area contributed by atoms with Gasteiger partial charge >= 0.3 is 0 Å². The molecule has 3 heteroatoms. The molecule has 0 bridgehead atoms. The molecule has 0 aliphatic rings. The number of likely N-dealkylation sites (N-methyl/N-ethyl adjacent to an activating group) is 1. The lowest BCUT2D eigenvalue weighted by Gasteiger charge is -2.24. The largest absolute Gasteiger partial charge is 0.313 e. The summed E-state index contributed by atoms with van der Waals surface area (Å²) in [6.45, 7) is 11.2. The molecule has 0 aromatic heterocycles. The molecule has 0 rings (SSSR count). The van der Waals surface area contributed by atoms with Crippen molar-refractivity contribution in [2.75, 3.05) is 7.05 Å². The van der Waals surface area contributed by atoms with Crippen molar-refractivity contribution in [1.82, 2.24) is 5.32 Å². The van der Waals surface area contributed by atoms with Gasteiger partial charge in [0.2, 0.25) is 5.91 Å². The van der Waals surface area contributed by atoms with Gasteiger partial charge in [-0.2, -0.15) is 0 Å². The highest BCUT2D eigenvalue weighted by atomic mass is 16.1. The monoisotopic (exact) mass is 300 g/mol. The van der Waals surface area contributed by atoms with E-state index in [0.717, 1.165) is 5.71 Å². The Hall–Kier alpha value is -2.00. The topological polar surface area (TPSA) is 41.5 Å². The summed E-state index contributed by atoms with van der Waals surface area (Å²) in [6, 6.07) is 0.0998. The first kappa shape index (κ1) is 20.0. The Labute approximate surface area is 134 Å². The van der Waals surface area contributed by atoms with Gasteiger partial charge in [-0.25, -0.2) is 4.99 Å². The van der Waals surface area contributed by atoms with Crippen LogP contribution >= 0.6 is 0 Å². The molecule has 0 saturated carbocycles. The summed E-state index contributed by atoms with van der Waals surface area (Å²) in [5.41, 5.74) is 1.94. The third-order valence-corrected chi connectivity index (χ3v) is 3.23.